The molecule has 1 aromatic rings. The highest BCUT2D eigenvalue weighted by molar-refractivity contribution is 7.17. The lowest BCUT2D eigenvalue weighted by molar-refractivity contribution is 0.0605. The second-order valence-electron chi connectivity index (χ2n) is 4.46. The third kappa shape index (κ3) is 2.64. The number of esters is 1. The lowest BCUT2D eigenvalue weighted by atomic mass is 10.1. The van der Waals surface area contributed by atoms with Crippen molar-refractivity contribution < 1.29 is 14.3 Å². The van der Waals surface area contributed by atoms with Crippen LogP contribution >= 0.6 is 11.3 Å². The van der Waals surface area contributed by atoms with Crippen molar-refractivity contribution in [2.45, 2.75) is 13.3 Å². The van der Waals surface area contributed by atoms with Crippen molar-refractivity contribution in [2.75, 3.05) is 38.8 Å². The number of rotatable bonds is 4. The van der Waals surface area contributed by atoms with E-state index < -0.39 is 0 Å². The first-order chi connectivity index (χ1) is 8.65. The molecule has 0 aromatic carbocycles. The summed E-state index contributed by atoms with van der Waals surface area (Å²) in [6, 6.07) is 0. The van der Waals surface area contributed by atoms with E-state index in [9.17, 15) is 4.79 Å². The number of thiazole rings is 1. The van der Waals surface area contributed by atoms with Crippen molar-refractivity contribution in [2.24, 2.45) is 5.92 Å². The zero-order chi connectivity index (χ0) is 13.1. The molecule has 1 aromatic heterocycles. The molecule has 1 atom stereocenters. The number of aryl methyl sites for hydroxylation is 1. The lowest BCUT2D eigenvalue weighted by Gasteiger charge is -2.14. The summed E-state index contributed by atoms with van der Waals surface area (Å²) in [7, 11) is 3.12. The van der Waals surface area contributed by atoms with Gasteiger partial charge >= 0.3 is 5.97 Å². The molecule has 1 fully saturated rings. The molecule has 1 aliphatic heterocycles. The van der Waals surface area contributed by atoms with Gasteiger partial charge in [0.2, 0.25) is 0 Å². The summed E-state index contributed by atoms with van der Waals surface area (Å²) in [5.41, 5.74) is 0.747. The van der Waals surface area contributed by atoms with Crippen LogP contribution in [-0.4, -0.2) is 44.9 Å². The molecule has 5 nitrogen and oxygen atoms in total. The monoisotopic (exact) mass is 270 g/mol. The van der Waals surface area contributed by atoms with Crippen molar-refractivity contribution >= 4 is 22.4 Å². The number of hydrogen-bond donors (Lipinski definition) is 0. The minimum atomic E-state index is -0.302. The van der Waals surface area contributed by atoms with Gasteiger partial charge in [-0.15, -0.1) is 0 Å². The molecule has 0 amide bonds. The van der Waals surface area contributed by atoms with Gasteiger partial charge in [0.15, 0.2) is 5.13 Å². The first kappa shape index (κ1) is 13.3. The van der Waals surface area contributed by atoms with Gasteiger partial charge in [-0.2, -0.15) is 0 Å². The lowest BCUT2D eigenvalue weighted by Crippen LogP contribution is -2.20. The molecule has 2 rings (SSSR count). The van der Waals surface area contributed by atoms with E-state index in [1.807, 2.05) is 6.92 Å². The molecule has 0 bridgehead atoms. The Hall–Kier alpha value is -1.14. The summed E-state index contributed by atoms with van der Waals surface area (Å²) in [6.07, 6.45) is 1.11. The van der Waals surface area contributed by atoms with Crippen molar-refractivity contribution in [1.82, 2.24) is 4.98 Å². The summed E-state index contributed by atoms with van der Waals surface area (Å²) in [6.45, 7) is 4.54. The Balaban J connectivity index is 2.08. The Bertz CT molecular complexity index is 433. The molecule has 100 valence electrons. The molecule has 1 unspecified atom stereocenters. The SMILES string of the molecule is COCC1CCN(c2nc(C)c(C(=O)OC)s2)C1. The Morgan fingerprint density at radius 2 is 2.33 bits per heavy atom. The second-order valence-corrected chi connectivity index (χ2v) is 5.44. The summed E-state index contributed by atoms with van der Waals surface area (Å²) < 4.78 is 9.92. The molecule has 0 saturated carbocycles. The summed E-state index contributed by atoms with van der Waals surface area (Å²) >= 11 is 1.41. The third-order valence-corrected chi connectivity index (χ3v) is 4.31. The van der Waals surface area contributed by atoms with Gasteiger partial charge in [0.05, 0.1) is 19.4 Å². The molecular weight excluding hydrogens is 252 g/mol. The summed E-state index contributed by atoms with van der Waals surface area (Å²) in [5.74, 6) is 0.254. The maximum Gasteiger partial charge on any atom is 0.350 e. The summed E-state index contributed by atoms with van der Waals surface area (Å²) in [4.78, 5) is 18.8. The quantitative estimate of drug-likeness (QED) is 0.780. The van der Waals surface area contributed by atoms with Crippen LogP contribution < -0.4 is 4.90 Å². The Morgan fingerprint density at radius 3 is 3.00 bits per heavy atom. The standard InChI is InChI=1S/C12H18N2O3S/c1-8-10(11(15)17-3)18-12(13-8)14-5-4-9(6-14)7-16-2/h9H,4-7H2,1-3H3. The van der Waals surface area contributed by atoms with Crippen LogP contribution in [0.15, 0.2) is 0 Å². The van der Waals surface area contributed by atoms with Gasteiger partial charge in [-0.3, -0.25) is 0 Å². The summed E-state index contributed by atoms with van der Waals surface area (Å²) in [5, 5.41) is 0.909. The van der Waals surface area contributed by atoms with Crippen LogP contribution in [0.1, 0.15) is 21.8 Å². The van der Waals surface area contributed by atoms with Crippen molar-refractivity contribution in [3.05, 3.63) is 10.6 Å². The van der Waals surface area contributed by atoms with Crippen LogP contribution in [0.3, 0.4) is 0 Å². The minimum Gasteiger partial charge on any atom is -0.465 e. The fraction of sp³-hybridized carbons (Fsp3) is 0.667. The van der Waals surface area contributed by atoms with E-state index in [2.05, 4.69) is 9.88 Å². The molecule has 1 aliphatic rings. The van der Waals surface area contributed by atoms with Gasteiger partial charge in [-0.1, -0.05) is 11.3 Å². The van der Waals surface area contributed by atoms with Gasteiger partial charge in [0.1, 0.15) is 4.88 Å². The zero-order valence-corrected chi connectivity index (χ0v) is 11.7. The number of carbonyl (C=O) groups excluding carboxylic acids is 1. The van der Waals surface area contributed by atoms with Gasteiger partial charge < -0.3 is 14.4 Å². The van der Waals surface area contributed by atoms with Crippen molar-refractivity contribution in [3.8, 4) is 0 Å². The van der Waals surface area contributed by atoms with E-state index in [1.54, 1.807) is 7.11 Å². The normalized spacial score (nSPS) is 19.3. The minimum absolute atomic E-state index is 0.302. The number of hydrogen-bond acceptors (Lipinski definition) is 6. The maximum atomic E-state index is 11.5. The molecule has 0 aliphatic carbocycles. The number of aromatic nitrogens is 1. The number of anilines is 1. The van der Waals surface area contributed by atoms with E-state index in [0.717, 1.165) is 36.9 Å². The highest BCUT2D eigenvalue weighted by Crippen LogP contribution is 2.30. The predicted molar refractivity (Wildman–Crippen MR) is 70.4 cm³/mol. The van der Waals surface area contributed by atoms with E-state index in [4.69, 9.17) is 9.47 Å². The number of nitrogens with zero attached hydrogens (tertiary/aromatic N) is 2. The van der Waals surface area contributed by atoms with Crippen LogP contribution in [-0.2, 0) is 9.47 Å². The van der Waals surface area contributed by atoms with Gasteiger partial charge in [0.25, 0.3) is 0 Å². The maximum absolute atomic E-state index is 11.5. The number of methoxy groups -OCH3 is 2. The number of ether oxygens (including phenoxy) is 2. The molecule has 0 spiro atoms. The highest BCUT2D eigenvalue weighted by atomic mass is 32.1. The van der Waals surface area contributed by atoms with Crippen molar-refractivity contribution in [1.29, 1.82) is 0 Å². The van der Waals surface area contributed by atoms with E-state index in [1.165, 1.54) is 18.4 Å². The van der Waals surface area contributed by atoms with Crippen molar-refractivity contribution in [3.63, 3.8) is 0 Å². The first-order valence-corrected chi connectivity index (χ1v) is 6.77. The van der Waals surface area contributed by atoms with E-state index in [0.29, 0.717) is 10.8 Å². The smallest absolute Gasteiger partial charge is 0.350 e. The average molecular weight is 270 g/mol. The largest absolute Gasteiger partial charge is 0.465 e. The fourth-order valence-corrected chi connectivity index (χ4v) is 3.20. The zero-order valence-electron chi connectivity index (χ0n) is 10.9. The molecule has 2 heterocycles. The van der Waals surface area contributed by atoms with Crippen LogP contribution in [0, 0.1) is 12.8 Å². The number of carbonyl (C=O) groups is 1. The van der Waals surface area contributed by atoms with E-state index in [-0.39, 0.29) is 5.97 Å². The second kappa shape index (κ2) is 5.67. The molecule has 18 heavy (non-hydrogen) atoms. The third-order valence-electron chi connectivity index (χ3n) is 3.11. The Morgan fingerprint density at radius 1 is 1.56 bits per heavy atom. The van der Waals surface area contributed by atoms with Crippen LogP contribution in [0.4, 0.5) is 5.13 Å². The van der Waals surface area contributed by atoms with Gasteiger partial charge in [-0.25, -0.2) is 9.78 Å². The topological polar surface area (TPSA) is 51.7 Å². The Labute approximate surface area is 111 Å². The first-order valence-electron chi connectivity index (χ1n) is 5.95. The van der Waals surface area contributed by atoms with Crippen LogP contribution in [0.5, 0.6) is 0 Å². The molecular formula is C12H18N2O3S. The fourth-order valence-electron chi connectivity index (χ4n) is 2.18. The van der Waals surface area contributed by atoms with Gasteiger partial charge in [-0.05, 0) is 13.3 Å². The van der Waals surface area contributed by atoms with Crippen LogP contribution in [0.2, 0.25) is 0 Å². The molecule has 0 radical (unpaired) electrons. The van der Waals surface area contributed by atoms with E-state index >= 15 is 0 Å². The molecule has 1 saturated heterocycles. The van der Waals surface area contributed by atoms with Crippen LogP contribution in [0.25, 0.3) is 0 Å². The molecule has 0 N–H and O–H groups in total. The highest BCUT2D eigenvalue weighted by Gasteiger charge is 2.26. The van der Waals surface area contributed by atoms with Gasteiger partial charge in [0, 0.05) is 26.1 Å². The average Bonchev–Trinajstić information content (AvgIpc) is 2.95. The predicted octanol–water partition coefficient (Wildman–Crippen LogP) is 1.71. The molecule has 6 heteroatoms. The Kier molecular flexibility index (Phi) is 4.19.